The van der Waals surface area contributed by atoms with Crippen LogP contribution in [0.4, 0.5) is 5.69 Å². The summed E-state index contributed by atoms with van der Waals surface area (Å²) in [5.74, 6) is -0.0391. The van der Waals surface area contributed by atoms with Crippen LogP contribution < -0.4 is 5.32 Å². The van der Waals surface area contributed by atoms with Gasteiger partial charge in [0.2, 0.25) is 15.9 Å². The van der Waals surface area contributed by atoms with Crippen LogP contribution in [0.1, 0.15) is 25.0 Å². The van der Waals surface area contributed by atoms with E-state index in [1.807, 2.05) is 32.0 Å². The molecule has 0 aliphatic rings. The largest absolute Gasteiger partial charge is 0.325 e. The first-order chi connectivity index (χ1) is 14.3. The van der Waals surface area contributed by atoms with Crippen LogP contribution in [0.3, 0.4) is 0 Å². The number of hydrogen-bond donors (Lipinski definition) is 1. The minimum Gasteiger partial charge on any atom is -0.325 e. The maximum absolute atomic E-state index is 12.8. The van der Waals surface area contributed by atoms with Crippen molar-refractivity contribution in [3.8, 4) is 0 Å². The van der Waals surface area contributed by atoms with Crippen molar-refractivity contribution in [3.63, 3.8) is 0 Å². The van der Waals surface area contributed by atoms with Gasteiger partial charge >= 0.3 is 0 Å². The molecule has 1 aromatic carbocycles. The molecule has 2 heterocycles. The lowest BCUT2D eigenvalue weighted by Gasteiger charge is -2.18. The average Bonchev–Trinajstić information content (AvgIpc) is 3.12. The second-order valence-electron chi connectivity index (χ2n) is 6.77. The van der Waals surface area contributed by atoms with Crippen molar-refractivity contribution >= 4 is 39.0 Å². The number of thioether (sulfide) groups is 1. The Morgan fingerprint density at radius 3 is 2.40 bits per heavy atom. The van der Waals surface area contributed by atoms with Gasteiger partial charge in [0.05, 0.1) is 10.6 Å². The highest BCUT2D eigenvalue weighted by Crippen LogP contribution is 2.23. The number of carbonyl (C=O) groups is 1. The number of benzene rings is 1. The number of anilines is 1. The molecule has 0 aliphatic carbocycles. The first-order valence-electron chi connectivity index (χ1n) is 9.61. The zero-order valence-corrected chi connectivity index (χ0v) is 19.0. The predicted octanol–water partition coefficient (Wildman–Crippen LogP) is 3.11. The molecular formula is C20H25N5O3S2. The molecule has 0 radical (unpaired) electrons. The van der Waals surface area contributed by atoms with E-state index in [0.29, 0.717) is 23.9 Å². The number of fused-ring (bicyclic) bond motifs is 1. The lowest BCUT2D eigenvalue weighted by atomic mass is 10.1. The van der Waals surface area contributed by atoms with Gasteiger partial charge in [-0.3, -0.25) is 9.20 Å². The van der Waals surface area contributed by atoms with E-state index in [2.05, 4.69) is 15.5 Å². The number of para-hydroxylation sites is 1. The molecule has 3 rings (SSSR count). The number of carbonyl (C=O) groups excluding carboxylic acids is 1. The third kappa shape index (κ3) is 4.50. The second kappa shape index (κ2) is 9.15. The first kappa shape index (κ1) is 22.3. The summed E-state index contributed by atoms with van der Waals surface area (Å²) in [6.45, 7) is 8.26. The Labute approximate surface area is 180 Å². The molecule has 3 aromatic rings. The first-order valence-corrected chi connectivity index (χ1v) is 12.0. The Kier molecular flexibility index (Phi) is 6.79. The number of nitrogens with zero attached hydrogens (tertiary/aromatic N) is 4. The highest BCUT2D eigenvalue weighted by atomic mass is 32.2. The standard InChI is InChI=1S/C20H25N5O3S2/c1-5-24(6-2)30(27,28)16-10-11-17-22-23-20(25(17)12-16)29-13-18(26)21-19-14(3)8-7-9-15(19)4/h7-12H,5-6,13H2,1-4H3,(H,21,26). The summed E-state index contributed by atoms with van der Waals surface area (Å²) in [5.41, 5.74) is 3.31. The van der Waals surface area contributed by atoms with E-state index in [1.165, 1.54) is 28.3 Å². The van der Waals surface area contributed by atoms with Gasteiger partial charge in [-0.05, 0) is 37.1 Å². The van der Waals surface area contributed by atoms with Crippen LogP contribution in [0.5, 0.6) is 0 Å². The molecule has 1 amide bonds. The summed E-state index contributed by atoms with van der Waals surface area (Å²) in [7, 11) is -3.60. The highest BCUT2D eigenvalue weighted by molar-refractivity contribution is 7.99. The van der Waals surface area contributed by atoms with Gasteiger partial charge < -0.3 is 5.32 Å². The van der Waals surface area contributed by atoms with Crippen molar-refractivity contribution in [1.29, 1.82) is 0 Å². The van der Waals surface area contributed by atoms with Gasteiger partial charge in [-0.2, -0.15) is 4.31 Å². The third-order valence-corrected chi connectivity index (χ3v) is 7.74. The Morgan fingerprint density at radius 2 is 1.77 bits per heavy atom. The van der Waals surface area contributed by atoms with E-state index in [0.717, 1.165) is 16.8 Å². The van der Waals surface area contributed by atoms with Gasteiger partial charge in [-0.15, -0.1) is 10.2 Å². The molecule has 160 valence electrons. The lowest BCUT2D eigenvalue weighted by molar-refractivity contribution is -0.113. The van der Waals surface area contributed by atoms with Gasteiger partial charge in [0.25, 0.3) is 0 Å². The van der Waals surface area contributed by atoms with Gasteiger partial charge in [0.1, 0.15) is 0 Å². The SMILES string of the molecule is CCN(CC)S(=O)(=O)c1ccc2nnc(SCC(=O)Nc3c(C)cccc3C)n2c1. The number of sulfonamides is 1. The number of amides is 1. The van der Waals surface area contributed by atoms with Gasteiger partial charge in [-0.25, -0.2) is 8.42 Å². The fourth-order valence-electron chi connectivity index (χ4n) is 3.13. The van der Waals surface area contributed by atoms with Crippen LogP contribution in [0, 0.1) is 13.8 Å². The zero-order valence-electron chi connectivity index (χ0n) is 17.4. The maximum atomic E-state index is 12.8. The van der Waals surface area contributed by atoms with E-state index in [4.69, 9.17) is 0 Å². The number of rotatable bonds is 8. The fourth-order valence-corrected chi connectivity index (χ4v) is 5.30. The van der Waals surface area contributed by atoms with Crippen LogP contribution in [0.25, 0.3) is 5.65 Å². The van der Waals surface area contributed by atoms with Crippen LogP contribution in [0.2, 0.25) is 0 Å². The van der Waals surface area contributed by atoms with E-state index in [1.54, 1.807) is 24.3 Å². The topological polar surface area (TPSA) is 96.7 Å². The Balaban J connectivity index is 1.79. The van der Waals surface area contributed by atoms with E-state index >= 15 is 0 Å². The van der Waals surface area contributed by atoms with E-state index in [-0.39, 0.29) is 16.6 Å². The predicted molar refractivity (Wildman–Crippen MR) is 118 cm³/mol. The molecule has 10 heteroatoms. The van der Waals surface area contributed by atoms with Crippen molar-refractivity contribution < 1.29 is 13.2 Å². The van der Waals surface area contributed by atoms with Crippen LogP contribution >= 0.6 is 11.8 Å². The van der Waals surface area contributed by atoms with E-state index in [9.17, 15) is 13.2 Å². The van der Waals surface area contributed by atoms with Crippen LogP contribution in [-0.2, 0) is 14.8 Å². The molecule has 0 saturated heterocycles. The lowest BCUT2D eigenvalue weighted by Crippen LogP contribution is -2.30. The van der Waals surface area contributed by atoms with Crippen LogP contribution in [0.15, 0.2) is 46.6 Å². The molecule has 30 heavy (non-hydrogen) atoms. The summed E-state index contributed by atoms with van der Waals surface area (Å²) in [4.78, 5) is 12.6. The number of hydrogen-bond acceptors (Lipinski definition) is 6. The molecular weight excluding hydrogens is 422 g/mol. The molecule has 0 aliphatic heterocycles. The van der Waals surface area contributed by atoms with Crippen molar-refractivity contribution in [1.82, 2.24) is 18.9 Å². The zero-order chi connectivity index (χ0) is 21.9. The average molecular weight is 448 g/mol. The molecule has 0 unspecified atom stereocenters. The summed E-state index contributed by atoms with van der Waals surface area (Å²) >= 11 is 1.20. The smallest absolute Gasteiger partial charge is 0.244 e. The summed E-state index contributed by atoms with van der Waals surface area (Å²) < 4.78 is 28.6. The molecule has 0 fully saturated rings. The van der Waals surface area contributed by atoms with Gasteiger partial charge in [0.15, 0.2) is 10.8 Å². The molecule has 0 atom stereocenters. The van der Waals surface area contributed by atoms with Crippen molar-refractivity contribution in [2.24, 2.45) is 0 Å². The Bertz CT molecular complexity index is 1150. The maximum Gasteiger partial charge on any atom is 0.244 e. The molecule has 0 saturated carbocycles. The number of aromatic nitrogens is 3. The summed E-state index contributed by atoms with van der Waals surface area (Å²) in [6.07, 6.45) is 1.51. The number of aryl methyl sites for hydroxylation is 2. The Morgan fingerprint density at radius 1 is 1.10 bits per heavy atom. The minimum absolute atomic E-state index is 0.127. The van der Waals surface area contributed by atoms with Crippen molar-refractivity contribution in [2.45, 2.75) is 37.7 Å². The van der Waals surface area contributed by atoms with Crippen LogP contribution in [-0.4, -0.2) is 52.1 Å². The monoisotopic (exact) mass is 447 g/mol. The quantitative estimate of drug-likeness (QED) is 0.533. The third-order valence-electron chi connectivity index (χ3n) is 4.77. The highest BCUT2D eigenvalue weighted by Gasteiger charge is 2.23. The fraction of sp³-hybridized carbons (Fsp3) is 0.350. The normalized spacial score (nSPS) is 11.9. The number of pyridine rings is 1. The summed E-state index contributed by atoms with van der Waals surface area (Å²) in [6, 6.07) is 8.98. The van der Waals surface area contributed by atoms with Gasteiger partial charge in [-0.1, -0.05) is 43.8 Å². The summed E-state index contributed by atoms with van der Waals surface area (Å²) in [5, 5.41) is 11.6. The minimum atomic E-state index is -3.60. The van der Waals surface area contributed by atoms with Gasteiger partial charge in [0, 0.05) is 25.0 Å². The van der Waals surface area contributed by atoms with Crippen molar-refractivity contribution in [2.75, 3.05) is 24.2 Å². The molecule has 8 nitrogen and oxygen atoms in total. The molecule has 0 spiro atoms. The molecule has 2 aromatic heterocycles. The Hall–Kier alpha value is -2.43. The number of nitrogens with one attached hydrogen (secondary N) is 1. The van der Waals surface area contributed by atoms with Crippen molar-refractivity contribution in [3.05, 3.63) is 47.7 Å². The molecule has 0 bridgehead atoms. The second-order valence-corrected chi connectivity index (χ2v) is 9.65. The van der Waals surface area contributed by atoms with E-state index < -0.39 is 10.0 Å². The molecule has 1 N–H and O–H groups in total.